The third-order valence-electron chi connectivity index (χ3n) is 11.1. The lowest BCUT2D eigenvalue weighted by molar-refractivity contribution is 0.768. The van der Waals surface area contributed by atoms with E-state index in [1.165, 1.54) is 78.3 Å². The smallest absolute Gasteiger partial charge is 0.0714 e. The van der Waals surface area contributed by atoms with Crippen molar-refractivity contribution in [3.8, 4) is 33.4 Å². The van der Waals surface area contributed by atoms with Gasteiger partial charge in [-0.3, -0.25) is 0 Å². The number of hydrogen-bond acceptors (Lipinski definition) is 1. The fourth-order valence-corrected chi connectivity index (χ4v) is 9.55. The molecule has 0 saturated heterocycles. The van der Waals surface area contributed by atoms with E-state index in [1.54, 1.807) is 0 Å². The molecule has 1 heterocycles. The molecule has 0 radical (unpaired) electrons. The highest BCUT2D eigenvalue weighted by molar-refractivity contribution is 9.10. The van der Waals surface area contributed by atoms with Crippen molar-refractivity contribution < 1.29 is 0 Å². The van der Waals surface area contributed by atoms with Crippen molar-refractivity contribution in [2.24, 2.45) is 0 Å². The Bertz CT molecular complexity index is 2490. The van der Waals surface area contributed by atoms with Gasteiger partial charge in [-0.1, -0.05) is 180 Å². The van der Waals surface area contributed by atoms with Crippen molar-refractivity contribution >= 4 is 27.3 Å². The van der Waals surface area contributed by atoms with E-state index in [0.717, 1.165) is 10.9 Å². The molecule has 7 aromatic carbocycles. The van der Waals surface area contributed by atoms with Crippen LogP contribution in [0.2, 0.25) is 0 Å². The highest BCUT2D eigenvalue weighted by Gasteiger charge is 2.48. The first-order valence-electron chi connectivity index (χ1n) is 17.7. The second kappa shape index (κ2) is 12.0. The summed E-state index contributed by atoms with van der Waals surface area (Å²) < 4.78 is 1.10. The molecule has 0 fully saturated rings. The minimum absolute atomic E-state index is 0.304. The number of halogens is 1. The summed E-state index contributed by atoms with van der Waals surface area (Å²) in [6, 6.07) is 62.7. The Balaban J connectivity index is 1.23. The monoisotopic (exact) mass is 715 g/mol. The molecule has 0 bridgehead atoms. The Morgan fingerprint density at radius 2 is 1.16 bits per heavy atom. The maximum atomic E-state index is 3.83. The first kappa shape index (κ1) is 30.2. The molecule has 51 heavy (non-hydrogen) atoms. The maximum absolute atomic E-state index is 3.83. The van der Waals surface area contributed by atoms with Crippen LogP contribution in [0.1, 0.15) is 40.2 Å². The lowest BCUT2D eigenvalue weighted by Gasteiger charge is -2.34. The average molecular weight is 717 g/mol. The van der Waals surface area contributed by atoms with Crippen molar-refractivity contribution in [2.75, 3.05) is 4.90 Å². The van der Waals surface area contributed by atoms with Crippen LogP contribution in [0, 0.1) is 0 Å². The predicted octanol–water partition coefficient (Wildman–Crippen LogP) is 13.2. The molecular formula is C49H34BrN. The summed E-state index contributed by atoms with van der Waals surface area (Å²) in [4.78, 5) is 2.58. The molecule has 242 valence electrons. The molecule has 1 unspecified atom stereocenters. The zero-order chi connectivity index (χ0) is 33.9. The number of allylic oxidation sites excluding steroid dienone is 4. The zero-order valence-corrected chi connectivity index (χ0v) is 29.6. The van der Waals surface area contributed by atoms with E-state index >= 15 is 0 Å². The van der Waals surface area contributed by atoms with Crippen LogP contribution in [-0.2, 0) is 5.41 Å². The molecule has 0 saturated carbocycles. The van der Waals surface area contributed by atoms with Gasteiger partial charge in [-0.05, 0) is 86.3 Å². The van der Waals surface area contributed by atoms with E-state index in [9.17, 15) is 0 Å². The summed E-state index contributed by atoms with van der Waals surface area (Å²) in [6.45, 7) is 0. The molecule has 3 aliphatic rings. The third kappa shape index (κ3) is 4.46. The minimum atomic E-state index is -0.447. The van der Waals surface area contributed by atoms with E-state index in [1.807, 2.05) is 0 Å². The first-order valence-corrected chi connectivity index (χ1v) is 18.5. The third-order valence-corrected chi connectivity index (χ3v) is 11.8. The quantitative estimate of drug-likeness (QED) is 0.171. The summed E-state index contributed by atoms with van der Waals surface area (Å²) >= 11 is 3.83. The van der Waals surface area contributed by atoms with Crippen LogP contribution in [0.25, 0.3) is 33.4 Å². The first-order chi connectivity index (χ1) is 25.2. The van der Waals surface area contributed by atoms with Crippen molar-refractivity contribution in [2.45, 2.75) is 17.8 Å². The second-order valence-corrected chi connectivity index (χ2v) is 14.5. The number of rotatable bonds is 5. The van der Waals surface area contributed by atoms with E-state index in [4.69, 9.17) is 0 Å². The van der Waals surface area contributed by atoms with Crippen LogP contribution in [0.4, 0.5) is 11.4 Å². The van der Waals surface area contributed by atoms with Crippen LogP contribution in [0.15, 0.2) is 198 Å². The molecule has 0 spiro atoms. The zero-order valence-electron chi connectivity index (χ0n) is 28.0. The Morgan fingerprint density at radius 3 is 1.90 bits per heavy atom. The maximum Gasteiger partial charge on any atom is 0.0714 e. The van der Waals surface area contributed by atoms with Gasteiger partial charge in [-0.25, -0.2) is 0 Å². The van der Waals surface area contributed by atoms with Crippen molar-refractivity contribution in [3.05, 3.63) is 226 Å². The van der Waals surface area contributed by atoms with Crippen LogP contribution in [0.5, 0.6) is 0 Å². The van der Waals surface area contributed by atoms with E-state index in [0.29, 0.717) is 5.92 Å². The van der Waals surface area contributed by atoms with E-state index < -0.39 is 5.41 Å². The summed E-state index contributed by atoms with van der Waals surface area (Å²) in [7, 11) is 0. The Hall–Kier alpha value is -5.70. The van der Waals surface area contributed by atoms with Crippen LogP contribution in [0.3, 0.4) is 0 Å². The number of anilines is 2. The Labute approximate surface area is 308 Å². The molecule has 2 heteroatoms. The molecule has 2 aliphatic carbocycles. The van der Waals surface area contributed by atoms with Crippen molar-refractivity contribution in [3.63, 3.8) is 0 Å². The van der Waals surface area contributed by atoms with Gasteiger partial charge >= 0.3 is 0 Å². The fraction of sp³-hybridized carbons (Fsp3) is 0.0612. The number of fused-ring (bicyclic) bond motifs is 6. The molecule has 1 nitrogen and oxygen atoms in total. The molecule has 0 N–H and O–H groups in total. The molecule has 10 rings (SSSR count). The predicted molar refractivity (Wildman–Crippen MR) is 215 cm³/mol. The van der Waals surface area contributed by atoms with Crippen molar-refractivity contribution in [1.29, 1.82) is 0 Å². The molecule has 7 aromatic rings. The Morgan fingerprint density at radius 1 is 0.529 bits per heavy atom. The number of hydrogen-bond donors (Lipinski definition) is 0. The lowest BCUT2D eigenvalue weighted by Crippen LogP contribution is -2.28. The normalized spacial score (nSPS) is 16.2. The SMILES string of the molecule is Brc1ccccc1-c1ccccc1-c1ccc2c(c1)N(c1cccc3c1-c1ccccc1C3(c1ccccc1)c1ccccc1)C1=CC=CCC12. The Kier molecular flexibility index (Phi) is 7.08. The van der Waals surface area contributed by atoms with Gasteiger partial charge in [0, 0.05) is 21.7 Å². The van der Waals surface area contributed by atoms with E-state index in [-0.39, 0.29) is 0 Å². The highest BCUT2D eigenvalue weighted by Crippen LogP contribution is 2.61. The molecule has 0 aromatic heterocycles. The van der Waals surface area contributed by atoms with E-state index in [2.05, 4.69) is 209 Å². The lowest BCUT2D eigenvalue weighted by atomic mass is 9.68. The van der Waals surface area contributed by atoms with Gasteiger partial charge in [0.15, 0.2) is 0 Å². The van der Waals surface area contributed by atoms with Gasteiger partial charge in [0.25, 0.3) is 0 Å². The highest BCUT2D eigenvalue weighted by atomic mass is 79.9. The summed E-state index contributed by atoms with van der Waals surface area (Å²) in [5, 5.41) is 0. The van der Waals surface area contributed by atoms with Crippen LogP contribution < -0.4 is 4.90 Å². The number of benzene rings is 7. The molecule has 1 aliphatic heterocycles. The minimum Gasteiger partial charge on any atom is -0.313 e. The summed E-state index contributed by atoms with van der Waals surface area (Å²) in [5.74, 6) is 0.304. The van der Waals surface area contributed by atoms with Gasteiger partial charge in [0.05, 0.1) is 16.8 Å². The van der Waals surface area contributed by atoms with Gasteiger partial charge in [0.2, 0.25) is 0 Å². The van der Waals surface area contributed by atoms with Crippen LogP contribution in [-0.4, -0.2) is 0 Å². The topological polar surface area (TPSA) is 3.24 Å². The van der Waals surface area contributed by atoms with Crippen LogP contribution >= 0.6 is 15.9 Å². The average Bonchev–Trinajstić information content (AvgIpc) is 3.69. The second-order valence-electron chi connectivity index (χ2n) is 13.7. The molecule has 1 atom stereocenters. The summed E-state index contributed by atoms with van der Waals surface area (Å²) in [5.41, 5.74) is 17.4. The van der Waals surface area contributed by atoms with Gasteiger partial charge in [-0.15, -0.1) is 0 Å². The largest absolute Gasteiger partial charge is 0.313 e. The van der Waals surface area contributed by atoms with Crippen molar-refractivity contribution in [1.82, 2.24) is 0 Å². The standard InChI is InChI=1S/C49H34BrN/c50-44-27-13-10-22-38(44)37-21-8-7-20-36(37)33-30-31-40-39-23-11-14-28-45(39)51(47(40)32-33)46-29-15-26-43-48(46)41-24-9-12-25-42(41)49(43,34-16-3-1-4-17-34)35-18-5-2-6-19-35/h1-22,24-32,39H,23H2. The van der Waals surface area contributed by atoms with Gasteiger partial charge in [0.1, 0.15) is 0 Å². The van der Waals surface area contributed by atoms with Gasteiger partial charge < -0.3 is 4.90 Å². The van der Waals surface area contributed by atoms with Gasteiger partial charge in [-0.2, -0.15) is 0 Å². The fourth-order valence-electron chi connectivity index (χ4n) is 9.05. The number of nitrogens with zero attached hydrogens (tertiary/aromatic N) is 1. The summed E-state index contributed by atoms with van der Waals surface area (Å²) in [6.07, 6.45) is 7.89. The molecule has 0 amide bonds. The molecular weight excluding hydrogens is 682 g/mol.